The number of carbonyl (C=O) groups excluding carboxylic acids is 1. The summed E-state index contributed by atoms with van der Waals surface area (Å²) < 4.78 is 25.1. The molecule has 3 aromatic carbocycles. The van der Waals surface area contributed by atoms with E-state index >= 15 is 0 Å². The van der Waals surface area contributed by atoms with Crippen LogP contribution < -0.4 is 4.74 Å². The highest BCUT2D eigenvalue weighted by atomic mass is 19.1. The number of hydrogen-bond donors (Lipinski definition) is 0. The molecule has 1 fully saturated rings. The molecule has 2 heterocycles. The molecule has 0 unspecified atom stereocenters. The zero-order chi connectivity index (χ0) is 25.9. The van der Waals surface area contributed by atoms with Crippen LogP contribution >= 0.6 is 0 Å². The van der Waals surface area contributed by atoms with Gasteiger partial charge in [0.2, 0.25) is 5.91 Å². The summed E-state index contributed by atoms with van der Waals surface area (Å²) >= 11 is 0. The second-order valence-electron chi connectivity index (χ2n) is 9.90. The van der Waals surface area contributed by atoms with Crippen LogP contribution in [0.3, 0.4) is 0 Å². The molecule has 0 atom stereocenters. The molecule has 1 amide bonds. The van der Waals surface area contributed by atoms with Crippen molar-refractivity contribution in [2.75, 3.05) is 20.2 Å². The lowest BCUT2D eigenvalue weighted by Crippen LogP contribution is -2.38. The lowest BCUT2D eigenvalue weighted by Gasteiger charge is -2.31. The smallest absolute Gasteiger partial charge is 0.246 e. The van der Waals surface area contributed by atoms with Crippen LogP contribution in [-0.2, 0) is 11.2 Å². The number of benzene rings is 3. The number of fused-ring (bicyclic) bond motifs is 1. The maximum Gasteiger partial charge on any atom is 0.246 e. The van der Waals surface area contributed by atoms with E-state index in [0.29, 0.717) is 11.7 Å². The average Bonchev–Trinajstić information content (AvgIpc) is 3.34. The second-order valence-corrected chi connectivity index (χ2v) is 9.90. The minimum atomic E-state index is -0.281. The van der Waals surface area contributed by atoms with Crippen molar-refractivity contribution in [1.82, 2.24) is 4.90 Å². The number of halogens is 1. The van der Waals surface area contributed by atoms with Crippen LogP contribution in [0.2, 0.25) is 0 Å². The Bertz CT molecular complexity index is 1430. The molecule has 4 nitrogen and oxygen atoms in total. The molecule has 190 valence electrons. The first-order chi connectivity index (χ1) is 17.9. The molecule has 1 saturated heterocycles. The Hall–Kier alpha value is -3.86. The Labute approximate surface area is 217 Å². The van der Waals surface area contributed by atoms with Crippen LogP contribution in [0.15, 0.2) is 77.4 Å². The molecule has 0 spiro atoms. The number of allylic oxidation sites excluding steroid dienone is 1. The number of likely N-dealkylation sites (tertiary alicyclic amines) is 1. The number of rotatable bonds is 6. The zero-order valence-electron chi connectivity index (χ0n) is 21.6. The van der Waals surface area contributed by atoms with E-state index in [1.807, 2.05) is 30.9 Å². The quantitative estimate of drug-likeness (QED) is 0.260. The van der Waals surface area contributed by atoms with Crippen molar-refractivity contribution >= 4 is 22.4 Å². The van der Waals surface area contributed by atoms with Gasteiger partial charge in [-0.3, -0.25) is 4.79 Å². The predicted octanol–water partition coefficient (Wildman–Crippen LogP) is 7.44. The third-order valence-electron chi connectivity index (χ3n) is 7.46. The summed E-state index contributed by atoms with van der Waals surface area (Å²) in [4.78, 5) is 15.2. The molecular formula is C32H32FNO3. The maximum absolute atomic E-state index is 13.5. The van der Waals surface area contributed by atoms with Gasteiger partial charge in [-0.05, 0) is 73.9 Å². The van der Waals surface area contributed by atoms with E-state index in [1.54, 1.807) is 31.6 Å². The standard InChI is InChI=1S/C32H32FNO3/c1-21(17-30(35)34-15-13-24(14-16-34)18-23-7-5-4-6-8-23)27-19-28-29(25-9-11-26(33)12-10-25)20-37-32(28)22(2)31(27)36-3/h4-12,17,19-20,24H,13-16,18H2,1-3H3/b21-17+. The van der Waals surface area contributed by atoms with Gasteiger partial charge in [0.25, 0.3) is 0 Å². The average molecular weight is 498 g/mol. The number of nitrogens with zero attached hydrogens (tertiary/aromatic N) is 1. The lowest BCUT2D eigenvalue weighted by molar-refractivity contribution is -0.127. The Morgan fingerprint density at radius 3 is 2.49 bits per heavy atom. The molecule has 0 radical (unpaired) electrons. The number of aryl methyl sites for hydroxylation is 1. The number of hydrogen-bond acceptors (Lipinski definition) is 3. The third kappa shape index (κ3) is 5.17. The molecule has 1 aliphatic heterocycles. The summed E-state index contributed by atoms with van der Waals surface area (Å²) in [5.74, 6) is 1.04. The van der Waals surface area contributed by atoms with Gasteiger partial charge < -0.3 is 14.1 Å². The Morgan fingerprint density at radius 2 is 1.81 bits per heavy atom. The molecule has 0 bridgehead atoms. The minimum Gasteiger partial charge on any atom is -0.496 e. The number of methoxy groups -OCH3 is 1. The molecule has 0 saturated carbocycles. The van der Waals surface area contributed by atoms with Crippen LogP contribution in [0.5, 0.6) is 5.75 Å². The van der Waals surface area contributed by atoms with Crippen LogP contribution in [0.1, 0.15) is 36.5 Å². The molecule has 4 aromatic rings. The SMILES string of the molecule is COc1c(/C(C)=C/C(=O)N2CCC(Cc3ccccc3)CC2)cc2c(-c3ccc(F)cc3)coc2c1C. The van der Waals surface area contributed by atoms with Crippen LogP contribution in [0.4, 0.5) is 4.39 Å². The number of furan rings is 1. The summed E-state index contributed by atoms with van der Waals surface area (Å²) in [5, 5.41) is 0.904. The van der Waals surface area contributed by atoms with Crippen molar-refractivity contribution in [3.05, 3.63) is 95.5 Å². The van der Waals surface area contributed by atoms with Crippen molar-refractivity contribution in [2.24, 2.45) is 5.92 Å². The van der Waals surface area contributed by atoms with Crippen molar-refractivity contribution in [3.63, 3.8) is 0 Å². The van der Waals surface area contributed by atoms with E-state index < -0.39 is 0 Å². The van der Waals surface area contributed by atoms with Gasteiger partial charge >= 0.3 is 0 Å². The van der Waals surface area contributed by atoms with Gasteiger partial charge in [-0.2, -0.15) is 0 Å². The summed E-state index contributed by atoms with van der Waals surface area (Å²) in [6, 6.07) is 18.9. The van der Waals surface area contributed by atoms with Crippen molar-refractivity contribution in [3.8, 4) is 16.9 Å². The van der Waals surface area contributed by atoms with Crippen molar-refractivity contribution < 1.29 is 18.3 Å². The van der Waals surface area contributed by atoms with E-state index in [9.17, 15) is 9.18 Å². The van der Waals surface area contributed by atoms with Crippen molar-refractivity contribution in [1.29, 1.82) is 0 Å². The highest BCUT2D eigenvalue weighted by Gasteiger charge is 2.23. The number of ether oxygens (including phenoxy) is 1. The first kappa shape index (κ1) is 24.8. The lowest BCUT2D eigenvalue weighted by atomic mass is 9.90. The normalized spacial score (nSPS) is 14.8. The van der Waals surface area contributed by atoms with Crippen LogP contribution in [0, 0.1) is 18.7 Å². The zero-order valence-corrected chi connectivity index (χ0v) is 21.6. The van der Waals surface area contributed by atoms with E-state index in [1.165, 1.54) is 17.7 Å². The van der Waals surface area contributed by atoms with Crippen LogP contribution in [-0.4, -0.2) is 31.0 Å². The topological polar surface area (TPSA) is 42.7 Å². The van der Waals surface area contributed by atoms with E-state index in [0.717, 1.165) is 71.1 Å². The molecule has 5 heteroatoms. The Kier molecular flexibility index (Phi) is 7.13. The van der Waals surface area contributed by atoms with Gasteiger partial charge in [0.15, 0.2) is 0 Å². The highest BCUT2D eigenvalue weighted by Crippen LogP contribution is 2.40. The summed E-state index contributed by atoms with van der Waals surface area (Å²) in [6.07, 6.45) is 6.50. The molecule has 37 heavy (non-hydrogen) atoms. The van der Waals surface area contributed by atoms with Gasteiger partial charge in [-0.15, -0.1) is 0 Å². The van der Waals surface area contributed by atoms with Gasteiger partial charge in [0.1, 0.15) is 17.1 Å². The molecular weight excluding hydrogens is 465 g/mol. The summed E-state index contributed by atoms with van der Waals surface area (Å²) in [7, 11) is 1.63. The monoisotopic (exact) mass is 497 g/mol. The molecule has 1 aromatic heterocycles. The predicted molar refractivity (Wildman–Crippen MR) is 146 cm³/mol. The maximum atomic E-state index is 13.5. The van der Waals surface area contributed by atoms with Gasteiger partial charge in [-0.1, -0.05) is 42.5 Å². The molecule has 1 aliphatic rings. The number of amides is 1. The Morgan fingerprint density at radius 1 is 1.11 bits per heavy atom. The minimum absolute atomic E-state index is 0.0291. The molecule has 0 N–H and O–H groups in total. The fourth-order valence-corrected chi connectivity index (χ4v) is 5.38. The fraction of sp³-hybridized carbons (Fsp3) is 0.281. The van der Waals surface area contributed by atoms with Gasteiger partial charge in [0, 0.05) is 41.2 Å². The Balaban J connectivity index is 1.37. The van der Waals surface area contributed by atoms with Crippen molar-refractivity contribution in [2.45, 2.75) is 33.1 Å². The first-order valence-corrected chi connectivity index (χ1v) is 12.8. The highest BCUT2D eigenvalue weighted by molar-refractivity contribution is 6.01. The fourth-order valence-electron chi connectivity index (χ4n) is 5.38. The molecule has 5 rings (SSSR count). The number of carbonyl (C=O) groups is 1. The summed E-state index contributed by atoms with van der Waals surface area (Å²) in [6.45, 7) is 5.44. The van der Waals surface area contributed by atoms with E-state index in [2.05, 4.69) is 24.3 Å². The second kappa shape index (κ2) is 10.6. The van der Waals surface area contributed by atoms with Crippen LogP contribution in [0.25, 0.3) is 27.7 Å². The molecule has 0 aliphatic carbocycles. The van der Waals surface area contributed by atoms with E-state index in [4.69, 9.17) is 9.15 Å². The van der Waals surface area contributed by atoms with Gasteiger partial charge in [-0.25, -0.2) is 4.39 Å². The van der Waals surface area contributed by atoms with Gasteiger partial charge in [0.05, 0.1) is 13.4 Å². The third-order valence-corrected chi connectivity index (χ3v) is 7.46. The number of piperidine rings is 1. The first-order valence-electron chi connectivity index (χ1n) is 12.8. The summed E-state index contributed by atoms with van der Waals surface area (Å²) in [5.41, 5.74) is 6.38. The largest absolute Gasteiger partial charge is 0.496 e. The van der Waals surface area contributed by atoms with E-state index in [-0.39, 0.29) is 11.7 Å².